The van der Waals surface area contributed by atoms with Crippen LogP contribution in [-0.4, -0.2) is 37.9 Å². The molecule has 1 aromatic heterocycles. The minimum Gasteiger partial charge on any atom is -0.458 e. The number of hydrogen-bond donors (Lipinski definition) is 0. The standard InChI is InChI=1S/C20H21N3O6/c1-11(2)16(23-17(25)13-7-5-6-8-14(13)18(23)26)19(27)29-10-12-9-15(24)22(4)20(28)21(12)3/h5-9,11,16H,10H2,1-4H3. The summed E-state index contributed by atoms with van der Waals surface area (Å²) in [5.74, 6) is -2.30. The molecule has 0 saturated carbocycles. The summed E-state index contributed by atoms with van der Waals surface area (Å²) in [7, 11) is 2.80. The first kappa shape index (κ1) is 20.2. The van der Waals surface area contributed by atoms with Crippen LogP contribution < -0.4 is 11.2 Å². The number of carbonyl (C=O) groups excluding carboxylic acids is 3. The van der Waals surface area contributed by atoms with Crippen LogP contribution in [0.3, 0.4) is 0 Å². The van der Waals surface area contributed by atoms with Crippen LogP contribution in [0.5, 0.6) is 0 Å². The van der Waals surface area contributed by atoms with Crippen LogP contribution in [0.2, 0.25) is 0 Å². The first-order valence-electron chi connectivity index (χ1n) is 9.04. The fourth-order valence-electron chi connectivity index (χ4n) is 3.28. The zero-order valence-corrected chi connectivity index (χ0v) is 16.5. The van der Waals surface area contributed by atoms with Crippen molar-refractivity contribution in [1.82, 2.24) is 14.0 Å². The molecule has 0 spiro atoms. The van der Waals surface area contributed by atoms with E-state index in [2.05, 4.69) is 0 Å². The van der Waals surface area contributed by atoms with E-state index in [4.69, 9.17) is 4.74 Å². The van der Waals surface area contributed by atoms with E-state index < -0.39 is 41.0 Å². The van der Waals surface area contributed by atoms with Gasteiger partial charge in [0.25, 0.3) is 17.4 Å². The molecule has 0 fully saturated rings. The lowest BCUT2D eigenvalue weighted by Gasteiger charge is -2.27. The Hall–Kier alpha value is -3.49. The Bertz CT molecular complexity index is 1090. The predicted molar refractivity (Wildman–Crippen MR) is 102 cm³/mol. The monoisotopic (exact) mass is 399 g/mol. The quantitative estimate of drug-likeness (QED) is 0.534. The largest absolute Gasteiger partial charge is 0.458 e. The van der Waals surface area contributed by atoms with Crippen molar-refractivity contribution >= 4 is 17.8 Å². The Balaban J connectivity index is 1.86. The average molecular weight is 399 g/mol. The number of carbonyl (C=O) groups is 3. The Morgan fingerprint density at radius 3 is 2.03 bits per heavy atom. The van der Waals surface area contributed by atoms with E-state index in [0.717, 1.165) is 9.47 Å². The van der Waals surface area contributed by atoms with Crippen molar-refractivity contribution in [2.45, 2.75) is 26.5 Å². The van der Waals surface area contributed by atoms with Crippen LogP contribution in [0, 0.1) is 5.92 Å². The smallest absolute Gasteiger partial charge is 0.330 e. The zero-order chi connectivity index (χ0) is 21.5. The van der Waals surface area contributed by atoms with Crippen LogP contribution in [0.4, 0.5) is 0 Å². The third-order valence-corrected chi connectivity index (χ3v) is 4.96. The van der Waals surface area contributed by atoms with E-state index in [-0.39, 0.29) is 23.4 Å². The highest BCUT2D eigenvalue weighted by Crippen LogP contribution is 2.27. The third kappa shape index (κ3) is 3.39. The molecule has 0 N–H and O–H groups in total. The summed E-state index contributed by atoms with van der Waals surface area (Å²) in [6, 6.07) is 6.42. The van der Waals surface area contributed by atoms with Gasteiger partial charge >= 0.3 is 11.7 Å². The van der Waals surface area contributed by atoms with Gasteiger partial charge in [-0.05, 0) is 18.1 Å². The number of imide groups is 1. The van der Waals surface area contributed by atoms with Crippen LogP contribution in [0.15, 0.2) is 39.9 Å². The number of hydrogen-bond acceptors (Lipinski definition) is 6. The van der Waals surface area contributed by atoms with Gasteiger partial charge in [-0.1, -0.05) is 26.0 Å². The number of nitrogens with zero attached hydrogens (tertiary/aromatic N) is 3. The van der Waals surface area contributed by atoms with Crippen molar-refractivity contribution < 1.29 is 19.1 Å². The lowest BCUT2D eigenvalue weighted by atomic mass is 10.0. The first-order chi connectivity index (χ1) is 13.6. The van der Waals surface area contributed by atoms with Gasteiger partial charge < -0.3 is 4.74 Å². The highest BCUT2D eigenvalue weighted by Gasteiger charge is 2.44. The van der Waals surface area contributed by atoms with Crippen molar-refractivity contribution in [3.05, 3.63) is 68.0 Å². The minimum atomic E-state index is -1.13. The van der Waals surface area contributed by atoms with E-state index in [1.807, 2.05) is 0 Å². The maximum atomic E-state index is 12.8. The maximum Gasteiger partial charge on any atom is 0.330 e. The van der Waals surface area contributed by atoms with Crippen LogP contribution in [0.25, 0.3) is 0 Å². The molecule has 9 heteroatoms. The minimum absolute atomic E-state index is 0.205. The molecule has 1 aliphatic heterocycles. The molecule has 152 valence electrons. The van der Waals surface area contributed by atoms with E-state index in [1.165, 1.54) is 36.9 Å². The Morgan fingerprint density at radius 2 is 1.52 bits per heavy atom. The molecule has 3 rings (SSSR count). The summed E-state index contributed by atoms with van der Waals surface area (Å²) in [4.78, 5) is 63.0. The van der Waals surface area contributed by atoms with E-state index >= 15 is 0 Å². The van der Waals surface area contributed by atoms with Gasteiger partial charge in [0.15, 0.2) is 0 Å². The highest BCUT2D eigenvalue weighted by atomic mass is 16.5. The van der Waals surface area contributed by atoms with Crippen molar-refractivity contribution in [3.8, 4) is 0 Å². The summed E-state index contributed by atoms with van der Waals surface area (Å²) in [6.07, 6.45) is 0. The SMILES string of the molecule is CC(C)C(C(=O)OCc1cc(=O)n(C)c(=O)n1C)N1C(=O)c2ccccc2C1=O. The third-order valence-electron chi connectivity index (χ3n) is 4.96. The normalized spacial score (nSPS) is 14.3. The molecule has 0 aliphatic carbocycles. The number of rotatable bonds is 5. The van der Waals surface area contributed by atoms with Crippen molar-refractivity contribution in [2.24, 2.45) is 20.0 Å². The van der Waals surface area contributed by atoms with Gasteiger partial charge in [-0.3, -0.25) is 28.4 Å². The van der Waals surface area contributed by atoms with Gasteiger partial charge in [0.1, 0.15) is 12.6 Å². The second-order valence-electron chi connectivity index (χ2n) is 7.20. The molecule has 1 unspecified atom stereocenters. The molecule has 2 aromatic rings. The molecule has 2 heterocycles. The van der Waals surface area contributed by atoms with Gasteiger partial charge in [0.2, 0.25) is 0 Å². The molecule has 0 bridgehead atoms. The molecule has 1 atom stereocenters. The second-order valence-corrected chi connectivity index (χ2v) is 7.20. The van der Waals surface area contributed by atoms with Gasteiger partial charge in [-0.2, -0.15) is 0 Å². The molecule has 2 amide bonds. The van der Waals surface area contributed by atoms with Crippen molar-refractivity contribution in [1.29, 1.82) is 0 Å². The number of amides is 2. The van der Waals surface area contributed by atoms with Crippen molar-refractivity contribution in [2.75, 3.05) is 0 Å². The summed E-state index contributed by atoms with van der Waals surface area (Å²) >= 11 is 0. The molecule has 0 saturated heterocycles. The molecule has 0 radical (unpaired) electrons. The molecule has 29 heavy (non-hydrogen) atoms. The Labute approximate surface area is 166 Å². The van der Waals surface area contributed by atoms with Crippen LogP contribution in [0.1, 0.15) is 40.3 Å². The zero-order valence-electron chi connectivity index (χ0n) is 16.5. The Kier molecular flexibility index (Phi) is 5.23. The van der Waals surface area contributed by atoms with Gasteiger partial charge in [-0.15, -0.1) is 0 Å². The molecular formula is C20H21N3O6. The highest BCUT2D eigenvalue weighted by molar-refractivity contribution is 6.22. The first-order valence-corrected chi connectivity index (χ1v) is 9.04. The Morgan fingerprint density at radius 1 is 0.966 bits per heavy atom. The maximum absolute atomic E-state index is 12.8. The molecule has 1 aromatic carbocycles. The lowest BCUT2D eigenvalue weighted by Crippen LogP contribution is -2.48. The van der Waals surface area contributed by atoms with E-state index in [9.17, 15) is 24.0 Å². The van der Waals surface area contributed by atoms with Crippen LogP contribution >= 0.6 is 0 Å². The van der Waals surface area contributed by atoms with E-state index in [1.54, 1.807) is 26.0 Å². The molecular weight excluding hydrogens is 378 g/mol. The summed E-state index contributed by atoms with van der Waals surface area (Å²) in [5.41, 5.74) is -0.393. The number of aromatic nitrogens is 2. The number of fused-ring (bicyclic) bond motifs is 1. The van der Waals surface area contributed by atoms with Gasteiger partial charge in [0.05, 0.1) is 16.8 Å². The second kappa shape index (κ2) is 7.50. The van der Waals surface area contributed by atoms with E-state index in [0.29, 0.717) is 0 Å². The fraction of sp³-hybridized carbons (Fsp3) is 0.350. The topological polar surface area (TPSA) is 108 Å². The summed E-state index contributed by atoms with van der Waals surface area (Å²) in [5, 5.41) is 0. The van der Waals surface area contributed by atoms with Crippen molar-refractivity contribution in [3.63, 3.8) is 0 Å². The summed E-state index contributed by atoms with van der Waals surface area (Å²) in [6.45, 7) is 3.06. The molecule has 9 nitrogen and oxygen atoms in total. The number of ether oxygens (including phenoxy) is 1. The lowest BCUT2D eigenvalue weighted by molar-refractivity contribution is -0.151. The summed E-state index contributed by atoms with van der Waals surface area (Å²) < 4.78 is 7.42. The molecule has 1 aliphatic rings. The fourth-order valence-corrected chi connectivity index (χ4v) is 3.28. The number of benzene rings is 1. The number of esters is 1. The average Bonchev–Trinajstić information content (AvgIpc) is 2.93. The van der Waals surface area contributed by atoms with Gasteiger partial charge in [0, 0.05) is 20.2 Å². The van der Waals surface area contributed by atoms with Crippen LogP contribution in [-0.2, 0) is 30.2 Å². The predicted octanol–water partition coefficient (Wildman–Crippen LogP) is 0.448. The van der Waals surface area contributed by atoms with Gasteiger partial charge in [-0.25, -0.2) is 9.59 Å².